The first-order valence-electron chi connectivity index (χ1n) is 10.8. The highest BCUT2D eigenvalue weighted by Gasteiger charge is 2.14. The molecule has 0 atom stereocenters. The van der Waals surface area contributed by atoms with E-state index in [1.807, 2.05) is 53.5 Å². The molecule has 1 fully saturated rings. The number of hydrogen-bond donors (Lipinski definition) is 0. The normalized spacial score (nSPS) is 13.3. The van der Waals surface area contributed by atoms with E-state index in [9.17, 15) is 10.1 Å². The van der Waals surface area contributed by atoms with Gasteiger partial charge in [-0.2, -0.15) is 5.26 Å². The zero-order valence-corrected chi connectivity index (χ0v) is 18.0. The van der Waals surface area contributed by atoms with Crippen LogP contribution in [0.1, 0.15) is 35.7 Å². The Balaban J connectivity index is 1.75. The number of nitriles is 1. The molecule has 1 aliphatic heterocycles. The smallest absolute Gasteiger partial charge is 0.338 e. The second-order valence-corrected chi connectivity index (χ2v) is 7.54. The van der Waals surface area contributed by atoms with E-state index >= 15 is 0 Å². The van der Waals surface area contributed by atoms with Crippen LogP contribution in [-0.2, 0) is 4.74 Å². The lowest BCUT2D eigenvalue weighted by Crippen LogP contribution is -2.09. The average molecular weight is 425 g/mol. The maximum Gasteiger partial charge on any atom is 0.338 e. The van der Waals surface area contributed by atoms with Crippen molar-refractivity contribution in [3.05, 3.63) is 77.9 Å². The van der Waals surface area contributed by atoms with Crippen molar-refractivity contribution in [3.8, 4) is 28.3 Å². The van der Waals surface area contributed by atoms with E-state index in [1.165, 1.54) is 0 Å². The van der Waals surface area contributed by atoms with Gasteiger partial charge in [0.05, 0.1) is 29.5 Å². The first-order chi connectivity index (χ1) is 15.7. The highest BCUT2D eigenvalue weighted by molar-refractivity contribution is 5.92. The Morgan fingerprint density at radius 2 is 1.72 bits per heavy atom. The average Bonchev–Trinajstić information content (AvgIpc) is 3.37. The van der Waals surface area contributed by atoms with Crippen molar-refractivity contribution >= 4 is 11.7 Å². The SMILES string of the molecule is CCOC(=O)c1ccc(-c2ccccc2-c2cc(C#N)ccc2N=NN2CCCC2)cc1. The molecule has 32 heavy (non-hydrogen) atoms. The minimum atomic E-state index is -0.335. The molecule has 1 aliphatic rings. The highest BCUT2D eigenvalue weighted by atomic mass is 16.5. The number of rotatable bonds is 6. The van der Waals surface area contributed by atoms with Crippen LogP contribution in [0.5, 0.6) is 0 Å². The van der Waals surface area contributed by atoms with E-state index in [2.05, 4.69) is 16.4 Å². The largest absolute Gasteiger partial charge is 0.462 e. The van der Waals surface area contributed by atoms with E-state index < -0.39 is 0 Å². The lowest BCUT2D eigenvalue weighted by molar-refractivity contribution is 0.0526. The highest BCUT2D eigenvalue weighted by Crippen LogP contribution is 2.38. The van der Waals surface area contributed by atoms with Crippen LogP contribution in [0.3, 0.4) is 0 Å². The van der Waals surface area contributed by atoms with Gasteiger partial charge < -0.3 is 4.74 Å². The molecule has 6 heteroatoms. The molecule has 0 unspecified atom stereocenters. The minimum Gasteiger partial charge on any atom is -0.462 e. The molecule has 0 radical (unpaired) electrons. The summed E-state index contributed by atoms with van der Waals surface area (Å²) in [4.78, 5) is 12.0. The molecule has 0 aliphatic carbocycles. The van der Waals surface area contributed by atoms with Crippen molar-refractivity contribution in [2.75, 3.05) is 19.7 Å². The quantitative estimate of drug-likeness (QED) is 0.350. The fourth-order valence-electron chi connectivity index (χ4n) is 3.78. The van der Waals surface area contributed by atoms with Crippen molar-refractivity contribution < 1.29 is 9.53 Å². The summed E-state index contributed by atoms with van der Waals surface area (Å²) in [5, 5.41) is 20.4. The van der Waals surface area contributed by atoms with Crippen LogP contribution in [0, 0.1) is 11.3 Å². The zero-order valence-electron chi connectivity index (χ0n) is 18.0. The van der Waals surface area contributed by atoms with Crippen molar-refractivity contribution in [3.63, 3.8) is 0 Å². The predicted molar refractivity (Wildman–Crippen MR) is 123 cm³/mol. The van der Waals surface area contributed by atoms with Gasteiger partial charge in [0, 0.05) is 18.7 Å². The Morgan fingerprint density at radius 1 is 1.00 bits per heavy atom. The Labute approximate surface area is 187 Å². The molecule has 1 heterocycles. The summed E-state index contributed by atoms with van der Waals surface area (Å²) in [6, 6.07) is 23.0. The van der Waals surface area contributed by atoms with Crippen LogP contribution < -0.4 is 0 Å². The molecule has 6 nitrogen and oxygen atoms in total. The molecule has 0 spiro atoms. The summed E-state index contributed by atoms with van der Waals surface area (Å²) in [7, 11) is 0. The van der Waals surface area contributed by atoms with Gasteiger partial charge >= 0.3 is 5.97 Å². The molecule has 160 valence electrons. The number of hydrogen-bond acceptors (Lipinski definition) is 5. The van der Waals surface area contributed by atoms with E-state index in [1.54, 1.807) is 25.1 Å². The third kappa shape index (κ3) is 4.68. The Hall–Kier alpha value is -3.98. The van der Waals surface area contributed by atoms with Gasteiger partial charge in [-0.05, 0) is 66.8 Å². The van der Waals surface area contributed by atoms with Gasteiger partial charge in [-0.3, -0.25) is 5.01 Å². The predicted octanol–water partition coefficient (Wildman–Crippen LogP) is 6.16. The molecular formula is C26H24N4O2. The first kappa shape index (κ1) is 21.3. The third-order valence-corrected chi connectivity index (χ3v) is 5.41. The maximum atomic E-state index is 12.0. The number of esters is 1. The topological polar surface area (TPSA) is 78.0 Å². The number of ether oxygens (including phenoxy) is 1. The van der Waals surface area contributed by atoms with Gasteiger partial charge in [0.25, 0.3) is 0 Å². The van der Waals surface area contributed by atoms with Crippen LogP contribution in [0.15, 0.2) is 77.1 Å². The van der Waals surface area contributed by atoms with E-state index in [0.717, 1.165) is 48.2 Å². The molecule has 3 aromatic rings. The van der Waals surface area contributed by atoms with Gasteiger partial charge in [0.2, 0.25) is 0 Å². The minimum absolute atomic E-state index is 0.335. The zero-order chi connectivity index (χ0) is 22.3. The number of benzene rings is 3. The van der Waals surface area contributed by atoms with Gasteiger partial charge in [-0.25, -0.2) is 4.79 Å². The Bertz CT molecular complexity index is 1170. The van der Waals surface area contributed by atoms with E-state index in [-0.39, 0.29) is 5.97 Å². The second kappa shape index (κ2) is 9.88. The second-order valence-electron chi connectivity index (χ2n) is 7.54. The molecule has 0 saturated carbocycles. The van der Waals surface area contributed by atoms with Gasteiger partial charge in [0.15, 0.2) is 0 Å². The standard InChI is InChI=1S/C26H24N4O2/c1-2-32-26(31)21-12-10-20(11-13-21)22-7-3-4-8-23(22)24-17-19(18-27)9-14-25(24)28-29-30-15-5-6-16-30/h3-4,7-14,17H,2,5-6,15-16H2,1H3. The van der Waals surface area contributed by atoms with Gasteiger partial charge in [-0.15, -0.1) is 5.11 Å². The van der Waals surface area contributed by atoms with E-state index in [4.69, 9.17) is 4.74 Å². The Kier molecular flexibility index (Phi) is 6.57. The summed E-state index contributed by atoms with van der Waals surface area (Å²) >= 11 is 0. The fourth-order valence-corrected chi connectivity index (χ4v) is 3.78. The van der Waals surface area contributed by atoms with Crippen LogP contribution in [-0.4, -0.2) is 30.7 Å². The molecule has 0 aromatic heterocycles. The Morgan fingerprint density at radius 3 is 2.41 bits per heavy atom. The number of nitrogens with zero attached hydrogens (tertiary/aromatic N) is 4. The van der Waals surface area contributed by atoms with Crippen molar-refractivity contribution in [2.45, 2.75) is 19.8 Å². The maximum absolute atomic E-state index is 12.0. The first-order valence-corrected chi connectivity index (χ1v) is 10.8. The molecule has 0 amide bonds. The van der Waals surface area contributed by atoms with Crippen LogP contribution in [0.4, 0.5) is 5.69 Å². The number of carbonyl (C=O) groups excluding carboxylic acids is 1. The summed E-state index contributed by atoms with van der Waals surface area (Å²) in [6.07, 6.45) is 2.26. The third-order valence-electron chi connectivity index (χ3n) is 5.41. The lowest BCUT2D eigenvalue weighted by Gasteiger charge is -2.13. The van der Waals surface area contributed by atoms with Gasteiger partial charge in [-0.1, -0.05) is 41.6 Å². The van der Waals surface area contributed by atoms with Crippen LogP contribution in [0.2, 0.25) is 0 Å². The summed E-state index contributed by atoms with van der Waals surface area (Å²) < 4.78 is 5.08. The lowest BCUT2D eigenvalue weighted by atomic mass is 9.92. The van der Waals surface area contributed by atoms with Crippen molar-refractivity contribution in [1.82, 2.24) is 5.01 Å². The van der Waals surface area contributed by atoms with Crippen molar-refractivity contribution in [1.29, 1.82) is 5.26 Å². The molecule has 3 aromatic carbocycles. The van der Waals surface area contributed by atoms with Crippen LogP contribution in [0.25, 0.3) is 22.3 Å². The molecular weight excluding hydrogens is 400 g/mol. The summed E-state index contributed by atoms with van der Waals surface area (Å²) in [5.74, 6) is -0.335. The molecule has 0 bridgehead atoms. The van der Waals surface area contributed by atoms with Gasteiger partial charge in [0.1, 0.15) is 0 Å². The molecule has 1 saturated heterocycles. The van der Waals surface area contributed by atoms with Crippen molar-refractivity contribution in [2.24, 2.45) is 10.3 Å². The molecule has 0 N–H and O–H groups in total. The van der Waals surface area contributed by atoms with Crippen LogP contribution >= 0.6 is 0 Å². The van der Waals surface area contributed by atoms with E-state index in [0.29, 0.717) is 23.4 Å². The molecule has 4 rings (SSSR count). The number of carbonyl (C=O) groups is 1. The monoisotopic (exact) mass is 424 g/mol. The summed E-state index contributed by atoms with van der Waals surface area (Å²) in [5.41, 5.74) is 5.52. The fraction of sp³-hybridized carbons (Fsp3) is 0.231. The summed E-state index contributed by atoms with van der Waals surface area (Å²) in [6.45, 7) is 3.96.